The summed E-state index contributed by atoms with van der Waals surface area (Å²) in [6, 6.07) is 13.9. The number of hydrogen-bond acceptors (Lipinski definition) is 2. The molecule has 17 heavy (non-hydrogen) atoms. The highest BCUT2D eigenvalue weighted by molar-refractivity contribution is 5.59. The molecule has 3 heteroatoms. The van der Waals surface area contributed by atoms with Gasteiger partial charge >= 0.3 is 0 Å². The Kier molecular flexibility index (Phi) is 2.22. The molecule has 0 radical (unpaired) electrons. The van der Waals surface area contributed by atoms with E-state index in [0.29, 0.717) is 0 Å². The van der Waals surface area contributed by atoms with Crippen molar-refractivity contribution in [3.8, 4) is 11.4 Å². The molecule has 0 spiro atoms. The first-order valence-electron chi connectivity index (χ1n) is 5.41. The number of aromatic nitrogens is 3. The molecule has 3 rings (SSSR count). The van der Waals surface area contributed by atoms with Crippen molar-refractivity contribution >= 4 is 11.7 Å². The van der Waals surface area contributed by atoms with Crippen LogP contribution in [0, 0.1) is 0 Å². The monoisotopic (exact) mass is 221 g/mol. The minimum atomic E-state index is 0.742. The predicted octanol–water partition coefficient (Wildman–Crippen LogP) is 3.04. The van der Waals surface area contributed by atoms with Gasteiger partial charge in [-0.05, 0) is 17.7 Å². The summed E-state index contributed by atoms with van der Waals surface area (Å²) in [5.74, 6) is 0.742. The van der Waals surface area contributed by atoms with Gasteiger partial charge in [0.15, 0.2) is 11.5 Å². The van der Waals surface area contributed by atoms with Gasteiger partial charge in [-0.25, -0.2) is 9.50 Å². The highest BCUT2D eigenvalue weighted by Gasteiger charge is 2.05. The van der Waals surface area contributed by atoms with Crippen LogP contribution < -0.4 is 0 Å². The molecule has 0 N–H and O–H groups in total. The molecule has 3 nitrogen and oxygen atoms in total. The van der Waals surface area contributed by atoms with E-state index in [1.54, 1.807) is 10.6 Å². The number of fused-ring (bicyclic) bond motifs is 1. The second-order valence-electron chi connectivity index (χ2n) is 3.77. The Labute approximate surface area is 99.1 Å². The second-order valence-corrected chi connectivity index (χ2v) is 3.77. The SMILES string of the molecule is C=Cc1ccc2nc(-c3ccccc3)nn2c1. The van der Waals surface area contributed by atoms with Gasteiger partial charge in [-0.15, -0.1) is 5.10 Å². The fourth-order valence-corrected chi connectivity index (χ4v) is 1.73. The van der Waals surface area contributed by atoms with E-state index in [9.17, 15) is 0 Å². The number of hydrogen-bond donors (Lipinski definition) is 0. The molecule has 0 bridgehead atoms. The van der Waals surface area contributed by atoms with Crippen LogP contribution in [0.4, 0.5) is 0 Å². The van der Waals surface area contributed by atoms with Gasteiger partial charge in [0.05, 0.1) is 0 Å². The summed E-state index contributed by atoms with van der Waals surface area (Å²) in [4.78, 5) is 4.48. The standard InChI is InChI=1S/C14H11N3/c1-2-11-8-9-13-15-14(16-17(13)10-11)12-6-4-3-5-7-12/h2-10H,1H2. The maximum absolute atomic E-state index is 4.48. The van der Waals surface area contributed by atoms with Crippen molar-refractivity contribution in [2.24, 2.45) is 0 Å². The lowest BCUT2D eigenvalue weighted by atomic mass is 10.2. The van der Waals surface area contributed by atoms with Crippen LogP contribution in [0.3, 0.4) is 0 Å². The Balaban J connectivity index is 2.17. The van der Waals surface area contributed by atoms with Gasteiger partial charge < -0.3 is 0 Å². The molecule has 0 unspecified atom stereocenters. The Morgan fingerprint density at radius 3 is 2.65 bits per heavy atom. The molecule has 1 aromatic carbocycles. The number of benzene rings is 1. The van der Waals surface area contributed by atoms with E-state index in [-0.39, 0.29) is 0 Å². The average Bonchev–Trinajstić information content (AvgIpc) is 2.82. The normalized spacial score (nSPS) is 10.6. The van der Waals surface area contributed by atoms with Crippen molar-refractivity contribution in [3.05, 3.63) is 60.8 Å². The van der Waals surface area contributed by atoms with Crippen LogP contribution >= 0.6 is 0 Å². The van der Waals surface area contributed by atoms with Crippen molar-refractivity contribution in [1.29, 1.82) is 0 Å². The number of nitrogens with zero attached hydrogens (tertiary/aromatic N) is 3. The molecule has 0 saturated heterocycles. The smallest absolute Gasteiger partial charge is 0.182 e. The maximum Gasteiger partial charge on any atom is 0.182 e. The predicted molar refractivity (Wildman–Crippen MR) is 68.5 cm³/mol. The third-order valence-electron chi connectivity index (χ3n) is 2.62. The van der Waals surface area contributed by atoms with Crippen LogP contribution in [0.25, 0.3) is 23.1 Å². The van der Waals surface area contributed by atoms with Crippen LogP contribution in [0.15, 0.2) is 55.2 Å². The van der Waals surface area contributed by atoms with Gasteiger partial charge in [0.1, 0.15) is 0 Å². The average molecular weight is 221 g/mol. The lowest BCUT2D eigenvalue weighted by Crippen LogP contribution is -1.87. The first-order chi connectivity index (χ1) is 8.36. The van der Waals surface area contributed by atoms with Gasteiger partial charge in [0.2, 0.25) is 0 Å². The van der Waals surface area contributed by atoms with Crippen molar-refractivity contribution in [2.45, 2.75) is 0 Å². The Bertz CT molecular complexity index is 668. The van der Waals surface area contributed by atoms with Gasteiger partial charge in [0.25, 0.3) is 0 Å². The van der Waals surface area contributed by atoms with Crippen LogP contribution in [0.2, 0.25) is 0 Å². The van der Waals surface area contributed by atoms with Gasteiger partial charge in [-0.3, -0.25) is 0 Å². The molecule has 3 aromatic rings. The van der Waals surface area contributed by atoms with Gasteiger partial charge in [0, 0.05) is 11.8 Å². The Morgan fingerprint density at radius 1 is 1.06 bits per heavy atom. The zero-order valence-corrected chi connectivity index (χ0v) is 9.24. The molecule has 2 aromatic heterocycles. The minimum Gasteiger partial charge on any atom is -0.220 e. The summed E-state index contributed by atoms with van der Waals surface area (Å²) < 4.78 is 1.78. The van der Waals surface area contributed by atoms with Crippen molar-refractivity contribution in [1.82, 2.24) is 14.6 Å². The zero-order chi connectivity index (χ0) is 11.7. The van der Waals surface area contributed by atoms with Crippen LogP contribution in [-0.4, -0.2) is 14.6 Å². The van der Waals surface area contributed by atoms with Crippen molar-refractivity contribution in [3.63, 3.8) is 0 Å². The van der Waals surface area contributed by atoms with E-state index in [0.717, 1.165) is 22.6 Å². The molecule has 0 atom stereocenters. The second kappa shape index (κ2) is 3.87. The Morgan fingerprint density at radius 2 is 1.88 bits per heavy atom. The van der Waals surface area contributed by atoms with E-state index in [1.165, 1.54) is 0 Å². The quantitative estimate of drug-likeness (QED) is 0.665. The summed E-state index contributed by atoms with van der Waals surface area (Å²) in [5, 5.41) is 4.45. The maximum atomic E-state index is 4.48. The zero-order valence-electron chi connectivity index (χ0n) is 9.24. The molecule has 82 valence electrons. The third kappa shape index (κ3) is 1.72. The highest BCUT2D eigenvalue weighted by atomic mass is 15.3. The first-order valence-corrected chi connectivity index (χ1v) is 5.41. The van der Waals surface area contributed by atoms with Crippen LogP contribution in [-0.2, 0) is 0 Å². The lowest BCUT2D eigenvalue weighted by Gasteiger charge is -1.93. The minimum absolute atomic E-state index is 0.742. The van der Waals surface area contributed by atoms with E-state index >= 15 is 0 Å². The fraction of sp³-hybridized carbons (Fsp3) is 0. The molecule has 0 aliphatic carbocycles. The Hall–Kier alpha value is -2.42. The molecule has 0 aliphatic rings. The van der Waals surface area contributed by atoms with Crippen molar-refractivity contribution in [2.75, 3.05) is 0 Å². The molecule has 0 fully saturated rings. The van der Waals surface area contributed by atoms with E-state index in [1.807, 2.05) is 48.7 Å². The van der Waals surface area contributed by atoms with E-state index in [4.69, 9.17) is 0 Å². The summed E-state index contributed by atoms with van der Waals surface area (Å²) in [7, 11) is 0. The van der Waals surface area contributed by atoms with Crippen molar-refractivity contribution < 1.29 is 0 Å². The molecule has 0 amide bonds. The topological polar surface area (TPSA) is 30.2 Å². The molecule has 0 saturated carbocycles. The third-order valence-corrected chi connectivity index (χ3v) is 2.62. The molecule has 0 aliphatic heterocycles. The molecular weight excluding hydrogens is 210 g/mol. The lowest BCUT2D eigenvalue weighted by molar-refractivity contribution is 0.963. The summed E-state index contributed by atoms with van der Waals surface area (Å²) in [6.07, 6.45) is 3.71. The first kappa shape index (κ1) is 9.78. The largest absolute Gasteiger partial charge is 0.220 e. The summed E-state index contributed by atoms with van der Waals surface area (Å²) in [5.41, 5.74) is 2.90. The van der Waals surface area contributed by atoms with E-state index < -0.39 is 0 Å². The summed E-state index contributed by atoms with van der Waals surface area (Å²) in [6.45, 7) is 3.74. The molecule has 2 heterocycles. The number of rotatable bonds is 2. The van der Waals surface area contributed by atoms with Gasteiger partial charge in [-0.2, -0.15) is 0 Å². The highest BCUT2D eigenvalue weighted by Crippen LogP contribution is 2.16. The summed E-state index contributed by atoms with van der Waals surface area (Å²) >= 11 is 0. The molecular formula is C14H11N3. The van der Waals surface area contributed by atoms with Crippen LogP contribution in [0.1, 0.15) is 5.56 Å². The fourth-order valence-electron chi connectivity index (χ4n) is 1.73. The number of pyridine rings is 1. The van der Waals surface area contributed by atoms with Gasteiger partial charge in [-0.1, -0.05) is 43.0 Å². The van der Waals surface area contributed by atoms with Crippen LogP contribution in [0.5, 0.6) is 0 Å². The van der Waals surface area contributed by atoms with E-state index in [2.05, 4.69) is 16.7 Å².